The summed E-state index contributed by atoms with van der Waals surface area (Å²) in [5.41, 5.74) is 2.75. The predicted molar refractivity (Wildman–Crippen MR) is 128 cm³/mol. The van der Waals surface area contributed by atoms with Crippen molar-refractivity contribution in [2.24, 2.45) is 11.8 Å². The Morgan fingerprint density at radius 3 is 2.66 bits per heavy atom. The van der Waals surface area contributed by atoms with E-state index >= 15 is 0 Å². The van der Waals surface area contributed by atoms with Crippen LogP contribution in [0.1, 0.15) is 32.4 Å². The van der Waals surface area contributed by atoms with Crippen LogP contribution in [0.3, 0.4) is 0 Å². The molecule has 35 heavy (non-hydrogen) atoms. The highest BCUT2D eigenvalue weighted by atomic mass is 32.1. The molecule has 0 N–H and O–H groups in total. The minimum absolute atomic E-state index is 0.118. The number of likely N-dealkylation sites (tertiary alicyclic amines) is 1. The highest BCUT2D eigenvalue weighted by molar-refractivity contribution is 7.12. The number of hydrogen-bond acceptors (Lipinski definition) is 7. The Morgan fingerprint density at radius 2 is 1.80 bits per heavy atom. The van der Waals surface area contributed by atoms with Crippen molar-refractivity contribution >= 4 is 35.0 Å². The average Bonchev–Trinajstić information content (AvgIpc) is 3.66. The SMILES string of the molecule is O=C(c1cccs1)[C@@H]1[C@@H]2C(=O)N(Cc3ccc4c(c3)OCO4)C(=O)[C@@H]2C2c3ccccc3C=CN21. The summed E-state index contributed by atoms with van der Waals surface area (Å²) in [5.74, 6) is -0.777. The van der Waals surface area contributed by atoms with Crippen molar-refractivity contribution in [2.45, 2.75) is 18.6 Å². The lowest BCUT2D eigenvalue weighted by atomic mass is 9.84. The predicted octanol–water partition coefficient (Wildman–Crippen LogP) is 3.87. The van der Waals surface area contributed by atoms with Crippen molar-refractivity contribution in [2.75, 3.05) is 6.79 Å². The molecule has 8 heteroatoms. The number of imide groups is 1. The quantitative estimate of drug-likeness (QED) is 0.413. The number of amides is 2. The molecule has 7 rings (SSSR count). The molecule has 0 radical (unpaired) electrons. The molecule has 0 bridgehead atoms. The van der Waals surface area contributed by atoms with Gasteiger partial charge in [-0.05, 0) is 46.3 Å². The molecular formula is C27H20N2O5S. The largest absolute Gasteiger partial charge is 0.454 e. The molecule has 2 aromatic carbocycles. The maximum absolute atomic E-state index is 13.8. The van der Waals surface area contributed by atoms with Crippen LogP contribution >= 0.6 is 11.3 Å². The fraction of sp³-hybridized carbons (Fsp3) is 0.222. The Labute approximate surface area is 205 Å². The number of carbonyl (C=O) groups is 3. The zero-order valence-electron chi connectivity index (χ0n) is 18.5. The van der Waals surface area contributed by atoms with Crippen LogP contribution in [0.25, 0.3) is 6.08 Å². The smallest absolute Gasteiger partial charge is 0.236 e. The zero-order chi connectivity index (χ0) is 23.7. The second kappa shape index (κ2) is 7.55. The van der Waals surface area contributed by atoms with E-state index in [4.69, 9.17) is 9.47 Å². The second-order valence-corrected chi connectivity index (χ2v) is 10.1. The van der Waals surface area contributed by atoms with Gasteiger partial charge < -0.3 is 14.4 Å². The lowest BCUT2D eigenvalue weighted by molar-refractivity contribution is -0.142. The Hall–Kier alpha value is -3.91. The van der Waals surface area contributed by atoms with Gasteiger partial charge in [-0.2, -0.15) is 0 Å². The van der Waals surface area contributed by atoms with E-state index < -0.39 is 17.9 Å². The first-order valence-corrected chi connectivity index (χ1v) is 12.4. The summed E-state index contributed by atoms with van der Waals surface area (Å²) in [6.07, 6.45) is 3.84. The molecule has 2 amide bonds. The van der Waals surface area contributed by atoms with Crippen LogP contribution in [0.2, 0.25) is 0 Å². The van der Waals surface area contributed by atoms with E-state index in [9.17, 15) is 14.4 Å². The number of benzene rings is 2. The molecule has 2 fully saturated rings. The molecule has 0 aliphatic carbocycles. The van der Waals surface area contributed by atoms with Gasteiger partial charge in [0, 0.05) is 6.20 Å². The van der Waals surface area contributed by atoms with Crippen molar-refractivity contribution in [3.63, 3.8) is 0 Å². The first-order chi connectivity index (χ1) is 17.1. The van der Waals surface area contributed by atoms with Crippen molar-refractivity contribution in [1.29, 1.82) is 0 Å². The topological polar surface area (TPSA) is 76.1 Å². The van der Waals surface area contributed by atoms with Crippen molar-refractivity contribution < 1.29 is 23.9 Å². The van der Waals surface area contributed by atoms with E-state index in [0.29, 0.717) is 16.4 Å². The number of carbonyl (C=O) groups excluding carboxylic acids is 3. The molecule has 0 spiro atoms. The van der Waals surface area contributed by atoms with Crippen LogP contribution in [0.15, 0.2) is 66.2 Å². The van der Waals surface area contributed by atoms with Gasteiger partial charge in [0.2, 0.25) is 18.6 Å². The molecule has 4 atom stereocenters. The van der Waals surface area contributed by atoms with Gasteiger partial charge in [-0.3, -0.25) is 19.3 Å². The molecule has 4 aliphatic heterocycles. The lowest BCUT2D eigenvalue weighted by Gasteiger charge is -2.35. The molecule has 5 heterocycles. The summed E-state index contributed by atoms with van der Waals surface area (Å²) < 4.78 is 10.8. The minimum atomic E-state index is -0.744. The summed E-state index contributed by atoms with van der Waals surface area (Å²) in [5, 5.41) is 1.85. The number of hydrogen-bond donors (Lipinski definition) is 0. The first-order valence-electron chi connectivity index (χ1n) is 11.5. The highest BCUT2D eigenvalue weighted by Gasteiger charge is 2.64. The maximum atomic E-state index is 13.8. The standard InChI is InChI=1S/C27H20N2O5S/c30-25(20-6-3-11-35-20)24-22-21(23-17-5-2-1-4-16(17)9-10-28(23)24)26(31)29(27(22)32)13-15-7-8-18-19(12-15)34-14-33-18/h1-12,21-24H,13-14H2/t21-,22+,23?,24-/m0/s1. The third-order valence-corrected chi connectivity index (χ3v) is 8.25. The zero-order valence-corrected chi connectivity index (χ0v) is 19.3. The number of Topliss-reactive ketones (excluding diaryl/α,β-unsaturated/α-hetero) is 1. The molecule has 3 aromatic rings. The van der Waals surface area contributed by atoms with E-state index in [0.717, 1.165) is 16.7 Å². The van der Waals surface area contributed by atoms with Gasteiger partial charge in [0.15, 0.2) is 17.3 Å². The summed E-state index contributed by atoms with van der Waals surface area (Å²) in [7, 11) is 0. The van der Waals surface area contributed by atoms with E-state index in [1.54, 1.807) is 18.2 Å². The second-order valence-electron chi connectivity index (χ2n) is 9.12. The third kappa shape index (κ3) is 2.93. The summed E-state index contributed by atoms with van der Waals surface area (Å²) in [4.78, 5) is 45.2. The van der Waals surface area contributed by atoms with Crippen LogP contribution < -0.4 is 9.47 Å². The monoisotopic (exact) mass is 484 g/mol. The molecule has 0 saturated carbocycles. The Balaban J connectivity index is 1.30. The van der Waals surface area contributed by atoms with Gasteiger partial charge in [-0.15, -0.1) is 11.3 Å². The van der Waals surface area contributed by atoms with Crippen LogP contribution in [0.5, 0.6) is 11.5 Å². The van der Waals surface area contributed by atoms with Gasteiger partial charge in [-0.1, -0.05) is 36.4 Å². The maximum Gasteiger partial charge on any atom is 0.236 e. The molecule has 4 aliphatic rings. The normalized spacial score (nSPS) is 25.6. The van der Waals surface area contributed by atoms with E-state index in [1.807, 2.05) is 59.0 Å². The van der Waals surface area contributed by atoms with Crippen LogP contribution in [0.4, 0.5) is 0 Å². The minimum Gasteiger partial charge on any atom is -0.454 e. The Bertz CT molecular complexity index is 1410. The van der Waals surface area contributed by atoms with E-state index in [1.165, 1.54) is 16.2 Å². The highest BCUT2D eigenvalue weighted by Crippen LogP contribution is 2.53. The Morgan fingerprint density at radius 1 is 0.971 bits per heavy atom. The molecule has 7 nitrogen and oxygen atoms in total. The van der Waals surface area contributed by atoms with Crippen LogP contribution in [0, 0.1) is 11.8 Å². The number of fused-ring (bicyclic) bond motifs is 6. The van der Waals surface area contributed by atoms with E-state index in [-0.39, 0.29) is 37.0 Å². The summed E-state index contributed by atoms with van der Waals surface area (Å²) in [6.45, 7) is 0.285. The Kier molecular flexibility index (Phi) is 4.41. The average molecular weight is 485 g/mol. The fourth-order valence-corrected chi connectivity index (χ4v) is 6.56. The van der Waals surface area contributed by atoms with Crippen LogP contribution in [-0.2, 0) is 16.1 Å². The molecule has 2 saturated heterocycles. The molecular weight excluding hydrogens is 464 g/mol. The van der Waals surface area contributed by atoms with Gasteiger partial charge >= 0.3 is 0 Å². The van der Waals surface area contributed by atoms with Gasteiger partial charge in [-0.25, -0.2) is 0 Å². The van der Waals surface area contributed by atoms with Crippen LogP contribution in [-0.4, -0.2) is 40.2 Å². The number of ketones is 1. The van der Waals surface area contributed by atoms with Gasteiger partial charge in [0.25, 0.3) is 0 Å². The van der Waals surface area contributed by atoms with Crippen molar-refractivity contribution in [1.82, 2.24) is 9.80 Å². The molecule has 1 unspecified atom stereocenters. The number of ether oxygens (including phenoxy) is 2. The number of rotatable bonds is 4. The fourth-order valence-electron chi connectivity index (χ4n) is 5.86. The van der Waals surface area contributed by atoms with Gasteiger partial charge in [0.1, 0.15) is 6.04 Å². The van der Waals surface area contributed by atoms with Crippen molar-refractivity contribution in [3.05, 3.63) is 87.7 Å². The van der Waals surface area contributed by atoms with Gasteiger partial charge in [0.05, 0.1) is 29.3 Å². The van der Waals surface area contributed by atoms with E-state index in [2.05, 4.69) is 0 Å². The van der Waals surface area contributed by atoms with Crippen molar-refractivity contribution in [3.8, 4) is 11.5 Å². The lowest BCUT2D eigenvalue weighted by Crippen LogP contribution is -2.43. The third-order valence-electron chi connectivity index (χ3n) is 7.36. The number of thiophene rings is 1. The molecule has 174 valence electrons. The summed E-state index contributed by atoms with van der Waals surface area (Å²) >= 11 is 1.36. The number of nitrogens with zero attached hydrogens (tertiary/aromatic N) is 2. The molecule has 1 aromatic heterocycles. The summed E-state index contributed by atoms with van der Waals surface area (Å²) in [6, 6.07) is 15.8. The first kappa shape index (κ1) is 20.5.